The van der Waals surface area contributed by atoms with Gasteiger partial charge in [-0.2, -0.15) is 31.5 Å². The largest absolute Gasteiger partial charge is 0.416 e. The lowest BCUT2D eigenvalue weighted by Gasteiger charge is -2.10. The normalized spacial score (nSPS) is 12.7. The highest BCUT2D eigenvalue weighted by atomic mass is 32.2. The topological polar surface area (TPSA) is 58.5 Å². The number of hydrogen-bond donors (Lipinski definition) is 1. The van der Waals surface area contributed by atoms with Crippen molar-refractivity contribution >= 4 is 15.7 Å². The molecule has 1 N–H and O–H groups in total. The van der Waals surface area contributed by atoms with Gasteiger partial charge >= 0.3 is 6.18 Å². The van der Waals surface area contributed by atoms with E-state index < -0.39 is 21.8 Å². The van der Waals surface area contributed by atoms with Gasteiger partial charge in [0, 0.05) is 6.42 Å². The molecular formula is C18H17F3N2O2S. The molecule has 0 radical (unpaired) electrons. The molecule has 2 aromatic rings. The number of hydrazone groups is 1. The van der Waals surface area contributed by atoms with E-state index in [2.05, 4.69) is 16.5 Å². The zero-order valence-electron chi connectivity index (χ0n) is 13.9. The van der Waals surface area contributed by atoms with Gasteiger partial charge in [0.1, 0.15) is 0 Å². The summed E-state index contributed by atoms with van der Waals surface area (Å²) in [6.07, 6.45) is -2.78. The van der Waals surface area contributed by atoms with Gasteiger partial charge in [-0.15, -0.1) is 6.58 Å². The van der Waals surface area contributed by atoms with Crippen LogP contribution in [-0.4, -0.2) is 14.1 Å². The Kier molecular flexibility index (Phi) is 5.86. The highest BCUT2D eigenvalue weighted by molar-refractivity contribution is 7.89. The van der Waals surface area contributed by atoms with E-state index in [0.717, 1.165) is 17.7 Å². The van der Waals surface area contributed by atoms with Crippen molar-refractivity contribution in [1.82, 2.24) is 4.83 Å². The third-order valence-corrected chi connectivity index (χ3v) is 4.74. The molecule has 0 heterocycles. The van der Waals surface area contributed by atoms with Crippen molar-refractivity contribution in [2.75, 3.05) is 0 Å². The van der Waals surface area contributed by atoms with E-state index in [9.17, 15) is 21.6 Å². The quantitative estimate of drug-likeness (QED) is 0.461. The summed E-state index contributed by atoms with van der Waals surface area (Å²) in [4.78, 5) is 2.15. The first kappa shape index (κ1) is 19.7. The minimum atomic E-state index is -4.44. The first-order chi connectivity index (χ1) is 12.1. The number of halogens is 3. The molecule has 0 aliphatic heterocycles. The third-order valence-electron chi connectivity index (χ3n) is 3.52. The van der Waals surface area contributed by atoms with Crippen LogP contribution in [-0.2, 0) is 16.2 Å². The Labute approximate surface area is 150 Å². The summed E-state index contributed by atoms with van der Waals surface area (Å²) >= 11 is 0. The Morgan fingerprint density at radius 1 is 1.12 bits per heavy atom. The second kappa shape index (κ2) is 7.74. The van der Waals surface area contributed by atoms with Gasteiger partial charge in [0.15, 0.2) is 0 Å². The van der Waals surface area contributed by atoms with Crippen LogP contribution in [0.25, 0.3) is 0 Å². The van der Waals surface area contributed by atoms with Crippen LogP contribution in [0.5, 0.6) is 0 Å². The Hall–Kier alpha value is -2.61. The maximum atomic E-state index is 12.7. The van der Waals surface area contributed by atoms with E-state index in [4.69, 9.17) is 0 Å². The summed E-state index contributed by atoms with van der Waals surface area (Å²) in [5.41, 5.74) is 0.734. The van der Waals surface area contributed by atoms with Crippen LogP contribution >= 0.6 is 0 Å². The molecule has 0 bridgehead atoms. The molecular weight excluding hydrogens is 365 g/mol. The number of sulfonamides is 1. The molecule has 2 rings (SSSR count). The van der Waals surface area contributed by atoms with E-state index in [0.29, 0.717) is 5.56 Å². The highest BCUT2D eigenvalue weighted by Crippen LogP contribution is 2.29. The number of alkyl halides is 3. The molecule has 0 saturated heterocycles. The van der Waals surface area contributed by atoms with E-state index in [1.807, 2.05) is 6.92 Å². The predicted octanol–water partition coefficient (Wildman–Crippen LogP) is 4.27. The molecule has 0 aromatic heterocycles. The van der Waals surface area contributed by atoms with E-state index in [1.165, 1.54) is 30.3 Å². The van der Waals surface area contributed by atoms with E-state index >= 15 is 0 Å². The predicted molar refractivity (Wildman–Crippen MR) is 94.3 cm³/mol. The van der Waals surface area contributed by atoms with Crippen molar-refractivity contribution in [2.24, 2.45) is 5.10 Å². The van der Waals surface area contributed by atoms with Crippen LogP contribution < -0.4 is 4.83 Å². The smallest absolute Gasteiger partial charge is 0.200 e. The molecule has 0 atom stereocenters. The SMILES string of the molecule is C=CC/C(=N\NS(=O)(=O)c1ccc(C)cc1)c1ccc(C(F)(F)F)cc1. The van der Waals surface area contributed by atoms with Gasteiger partial charge in [0.05, 0.1) is 16.2 Å². The third kappa shape index (κ3) is 4.95. The number of nitrogens with one attached hydrogen (secondary N) is 1. The van der Waals surface area contributed by atoms with Gasteiger partial charge in [0.2, 0.25) is 0 Å². The molecule has 0 unspecified atom stereocenters. The Morgan fingerprint density at radius 2 is 1.69 bits per heavy atom. The van der Waals surface area contributed by atoms with Gasteiger partial charge in [-0.25, -0.2) is 0 Å². The van der Waals surface area contributed by atoms with Crippen molar-refractivity contribution in [3.63, 3.8) is 0 Å². The first-order valence-corrected chi connectivity index (χ1v) is 9.05. The second-order valence-electron chi connectivity index (χ2n) is 5.53. The van der Waals surface area contributed by atoms with Gasteiger partial charge in [-0.05, 0) is 36.8 Å². The molecule has 0 aliphatic carbocycles. The number of aryl methyl sites for hydroxylation is 1. The summed E-state index contributed by atoms with van der Waals surface area (Å²) in [5.74, 6) is 0. The average Bonchev–Trinajstić information content (AvgIpc) is 2.58. The van der Waals surface area contributed by atoms with Crippen molar-refractivity contribution in [3.05, 3.63) is 77.9 Å². The number of allylic oxidation sites excluding steroid dienone is 1. The van der Waals surface area contributed by atoms with Gasteiger partial charge in [-0.3, -0.25) is 0 Å². The minimum absolute atomic E-state index is 0.0391. The van der Waals surface area contributed by atoms with Crippen LogP contribution in [0, 0.1) is 6.92 Å². The van der Waals surface area contributed by atoms with Gasteiger partial charge in [0.25, 0.3) is 10.0 Å². The summed E-state index contributed by atoms with van der Waals surface area (Å²) in [5, 5.41) is 3.87. The standard InChI is InChI=1S/C18H17F3N2O2S/c1-3-4-17(14-7-9-15(10-8-14)18(19,20)21)22-23-26(24,25)16-11-5-13(2)6-12-16/h3,5-12,23H,1,4H2,2H3/b22-17+. The summed E-state index contributed by atoms with van der Waals surface area (Å²) in [6.45, 7) is 5.39. The maximum absolute atomic E-state index is 12.7. The number of rotatable bonds is 6. The Bertz CT molecular complexity index is 901. The Morgan fingerprint density at radius 3 is 2.19 bits per heavy atom. The number of nitrogens with zero attached hydrogens (tertiary/aromatic N) is 1. The molecule has 0 aliphatic rings. The van der Waals surface area contributed by atoms with Crippen LogP contribution in [0.2, 0.25) is 0 Å². The molecule has 0 spiro atoms. The van der Waals surface area contributed by atoms with Gasteiger partial charge < -0.3 is 0 Å². The monoisotopic (exact) mass is 382 g/mol. The van der Waals surface area contributed by atoms with Crippen molar-refractivity contribution in [3.8, 4) is 0 Å². The van der Waals surface area contributed by atoms with Crippen LogP contribution in [0.1, 0.15) is 23.1 Å². The summed E-state index contributed by atoms with van der Waals surface area (Å²) in [6, 6.07) is 10.5. The molecule has 26 heavy (non-hydrogen) atoms. The first-order valence-electron chi connectivity index (χ1n) is 7.57. The molecule has 2 aromatic carbocycles. The van der Waals surface area contributed by atoms with E-state index in [-0.39, 0.29) is 17.0 Å². The second-order valence-corrected chi connectivity index (χ2v) is 7.20. The van der Waals surface area contributed by atoms with Crippen molar-refractivity contribution in [2.45, 2.75) is 24.4 Å². The van der Waals surface area contributed by atoms with Gasteiger partial charge in [-0.1, -0.05) is 35.9 Å². The molecule has 8 heteroatoms. The molecule has 0 fully saturated rings. The molecule has 4 nitrogen and oxygen atoms in total. The fourth-order valence-corrected chi connectivity index (χ4v) is 2.93. The lowest BCUT2D eigenvalue weighted by molar-refractivity contribution is -0.137. The fourth-order valence-electron chi connectivity index (χ4n) is 2.10. The van der Waals surface area contributed by atoms with Crippen molar-refractivity contribution in [1.29, 1.82) is 0 Å². The van der Waals surface area contributed by atoms with Crippen molar-refractivity contribution < 1.29 is 21.6 Å². The fraction of sp³-hybridized carbons (Fsp3) is 0.167. The molecule has 0 saturated carbocycles. The number of hydrogen-bond acceptors (Lipinski definition) is 3. The minimum Gasteiger partial charge on any atom is -0.200 e. The Balaban J connectivity index is 2.28. The molecule has 0 amide bonds. The highest BCUT2D eigenvalue weighted by Gasteiger charge is 2.30. The van der Waals surface area contributed by atoms with Crippen LogP contribution in [0.4, 0.5) is 13.2 Å². The molecule has 138 valence electrons. The van der Waals surface area contributed by atoms with E-state index in [1.54, 1.807) is 12.1 Å². The summed E-state index contributed by atoms with van der Waals surface area (Å²) < 4.78 is 62.5. The lowest BCUT2D eigenvalue weighted by Crippen LogP contribution is -2.20. The lowest BCUT2D eigenvalue weighted by atomic mass is 10.1. The average molecular weight is 382 g/mol. The van der Waals surface area contributed by atoms with Crippen LogP contribution in [0.3, 0.4) is 0 Å². The zero-order chi connectivity index (χ0) is 19.4. The maximum Gasteiger partial charge on any atom is 0.416 e. The summed E-state index contributed by atoms with van der Waals surface area (Å²) in [7, 11) is -3.88. The zero-order valence-corrected chi connectivity index (χ0v) is 14.7. The number of benzene rings is 2. The van der Waals surface area contributed by atoms with Crippen LogP contribution in [0.15, 0.2) is 71.2 Å².